The van der Waals surface area contributed by atoms with E-state index in [1.165, 1.54) is 0 Å². The van der Waals surface area contributed by atoms with Crippen LogP contribution in [0.3, 0.4) is 0 Å². The molecule has 0 saturated heterocycles. The Bertz CT molecular complexity index is 1220. The van der Waals surface area contributed by atoms with E-state index in [1.54, 1.807) is 12.3 Å². The van der Waals surface area contributed by atoms with Crippen LogP contribution in [0.5, 0.6) is 5.75 Å². The van der Waals surface area contributed by atoms with Gasteiger partial charge in [-0.2, -0.15) is 0 Å². The van der Waals surface area contributed by atoms with E-state index >= 15 is 0 Å². The Kier molecular flexibility index (Phi) is 2.65. The first-order valence-corrected chi connectivity index (χ1v) is 7.80. The molecule has 1 N–H and O–H groups in total. The monoisotopic (exact) mass is 311 g/mol. The van der Waals surface area contributed by atoms with Crippen molar-refractivity contribution in [1.82, 2.24) is 4.98 Å². The van der Waals surface area contributed by atoms with Gasteiger partial charge in [0, 0.05) is 33.5 Å². The lowest BCUT2D eigenvalue weighted by Crippen LogP contribution is -1.86. The van der Waals surface area contributed by atoms with Gasteiger partial charge in [-0.1, -0.05) is 42.5 Å². The number of aromatic hydroxyl groups is 1. The Balaban J connectivity index is 2.00. The van der Waals surface area contributed by atoms with Gasteiger partial charge in [0.2, 0.25) is 0 Å². The topological polar surface area (TPSA) is 46.3 Å². The van der Waals surface area contributed by atoms with Crippen LogP contribution in [0, 0.1) is 0 Å². The van der Waals surface area contributed by atoms with E-state index in [0.29, 0.717) is 0 Å². The molecule has 2 aromatic heterocycles. The summed E-state index contributed by atoms with van der Waals surface area (Å²) in [5.41, 5.74) is 4.11. The lowest BCUT2D eigenvalue weighted by molar-refractivity contribution is 0.478. The molecule has 0 aliphatic carbocycles. The molecule has 0 aliphatic heterocycles. The van der Waals surface area contributed by atoms with Gasteiger partial charge < -0.3 is 9.52 Å². The van der Waals surface area contributed by atoms with Crippen molar-refractivity contribution < 1.29 is 9.52 Å². The molecule has 0 aliphatic rings. The SMILES string of the molecule is Oc1ccc2oc3ccccc3c2c1-c1cccc2cccnc12. The summed E-state index contributed by atoms with van der Waals surface area (Å²) in [6.45, 7) is 0. The number of aromatic nitrogens is 1. The normalized spacial score (nSPS) is 11.5. The van der Waals surface area contributed by atoms with Crippen molar-refractivity contribution in [2.75, 3.05) is 0 Å². The number of para-hydroxylation sites is 2. The van der Waals surface area contributed by atoms with Gasteiger partial charge in [0.25, 0.3) is 0 Å². The molecule has 114 valence electrons. The molecular weight excluding hydrogens is 298 g/mol. The molecule has 0 spiro atoms. The van der Waals surface area contributed by atoms with Gasteiger partial charge in [0.05, 0.1) is 5.52 Å². The highest BCUT2D eigenvalue weighted by Crippen LogP contribution is 2.43. The van der Waals surface area contributed by atoms with E-state index < -0.39 is 0 Å². The molecule has 0 bridgehead atoms. The second-order valence-corrected chi connectivity index (χ2v) is 5.81. The quantitative estimate of drug-likeness (QED) is 0.444. The minimum absolute atomic E-state index is 0.229. The van der Waals surface area contributed by atoms with E-state index in [9.17, 15) is 5.11 Å². The summed E-state index contributed by atoms with van der Waals surface area (Å²) in [6, 6.07) is 21.3. The average molecular weight is 311 g/mol. The number of pyridine rings is 1. The number of nitrogens with zero attached hydrogens (tertiary/aromatic N) is 1. The minimum atomic E-state index is 0.229. The number of phenols is 1. The second-order valence-electron chi connectivity index (χ2n) is 5.81. The van der Waals surface area contributed by atoms with Crippen molar-refractivity contribution in [2.45, 2.75) is 0 Å². The zero-order valence-electron chi connectivity index (χ0n) is 12.7. The van der Waals surface area contributed by atoms with Crippen molar-refractivity contribution in [1.29, 1.82) is 0 Å². The van der Waals surface area contributed by atoms with Gasteiger partial charge in [-0.25, -0.2) is 0 Å². The van der Waals surface area contributed by atoms with Gasteiger partial charge in [0.1, 0.15) is 16.9 Å². The summed E-state index contributed by atoms with van der Waals surface area (Å²) in [6.07, 6.45) is 1.77. The van der Waals surface area contributed by atoms with Crippen molar-refractivity contribution in [3.63, 3.8) is 0 Å². The Labute approximate surface area is 137 Å². The molecule has 5 aromatic rings. The molecule has 3 heteroatoms. The van der Waals surface area contributed by atoms with Crippen LogP contribution in [0.2, 0.25) is 0 Å². The van der Waals surface area contributed by atoms with Gasteiger partial charge >= 0.3 is 0 Å². The summed E-state index contributed by atoms with van der Waals surface area (Å²) in [7, 11) is 0. The van der Waals surface area contributed by atoms with Gasteiger partial charge in [0.15, 0.2) is 0 Å². The third kappa shape index (κ3) is 1.75. The van der Waals surface area contributed by atoms with Crippen molar-refractivity contribution in [3.8, 4) is 16.9 Å². The number of benzene rings is 3. The summed E-state index contributed by atoms with van der Waals surface area (Å²) >= 11 is 0. The van der Waals surface area contributed by atoms with Crippen LogP contribution in [0.1, 0.15) is 0 Å². The van der Waals surface area contributed by atoms with Crippen LogP contribution in [0.25, 0.3) is 44.0 Å². The third-order valence-electron chi connectivity index (χ3n) is 4.42. The number of furan rings is 1. The molecule has 0 radical (unpaired) electrons. The largest absolute Gasteiger partial charge is 0.507 e. The smallest absolute Gasteiger partial charge is 0.136 e. The lowest BCUT2D eigenvalue weighted by Gasteiger charge is -2.09. The van der Waals surface area contributed by atoms with E-state index in [0.717, 1.165) is 44.0 Å². The number of fused-ring (bicyclic) bond motifs is 4. The maximum atomic E-state index is 10.6. The number of hydrogen-bond acceptors (Lipinski definition) is 3. The Morgan fingerprint density at radius 1 is 0.792 bits per heavy atom. The van der Waals surface area contributed by atoms with E-state index in [-0.39, 0.29) is 5.75 Å². The maximum absolute atomic E-state index is 10.6. The Hall–Kier alpha value is -3.33. The highest BCUT2D eigenvalue weighted by Gasteiger charge is 2.18. The number of phenolic OH excluding ortho intramolecular Hbond substituents is 1. The fraction of sp³-hybridized carbons (Fsp3) is 0. The second kappa shape index (κ2) is 4.83. The first-order chi connectivity index (χ1) is 11.8. The van der Waals surface area contributed by atoms with E-state index in [4.69, 9.17) is 4.42 Å². The molecule has 5 rings (SSSR count). The van der Waals surface area contributed by atoms with Crippen molar-refractivity contribution in [3.05, 3.63) is 72.9 Å². The predicted octanol–water partition coefficient (Wildman–Crippen LogP) is 5.51. The molecule has 0 fully saturated rings. The predicted molar refractivity (Wildman–Crippen MR) is 96.1 cm³/mol. The summed E-state index contributed by atoms with van der Waals surface area (Å²) in [4.78, 5) is 4.53. The first kappa shape index (κ1) is 13.1. The highest BCUT2D eigenvalue weighted by molar-refractivity contribution is 6.16. The van der Waals surface area contributed by atoms with Crippen molar-refractivity contribution in [2.24, 2.45) is 0 Å². The lowest BCUT2D eigenvalue weighted by atomic mass is 9.96. The molecule has 2 heterocycles. The molecule has 3 aromatic carbocycles. The van der Waals surface area contributed by atoms with Gasteiger partial charge in [-0.05, 0) is 24.3 Å². The van der Waals surface area contributed by atoms with Crippen LogP contribution < -0.4 is 0 Å². The number of hydrogen-bond donors (Lipinski definition) is 1. The molecule has 3 nitrogen and oxygen atoms in total. The van der Waals surface area contributed by atoms with E-state index in [2.05, 4.69) is 4.98 Å². The van der Waals surface area contributed by atoms with Crippen LogP contribution >= 0.6 is 0 Å². The first-order valence-electron chi connectivity index (χ1n) is 7.80. The minimum Gasteiger partial charge on any atom is -0.507 e. The van der Waals surface area contributed by atoms with E-state index in [1.807, 2.05) is 60.7 Å². The van der Waals surface area contributed by atoms with Crippen LogP contribution in [0.4, 0.5) is 0 Å². The summed E-state index contributed by atoms with van der Waals surface area (Å²) in [5, 5.41) is 13.6. The summed E-state index contributed by atoms with van der Waals surface area (Å²) in [5.74, 6) is 0.229. The van der Waals surface area contributed by atoms with Crippen molar-refractivity contribution >= 4 is 32.8 Å². The summed E-state index contributed by atoms with van der Waals surface area (Å²) < 4.78 is 5.95. The van der Waals surface area contributed by atoms with Crippen LogP contribution in [0.15, 0.2) is 77.3 Å². The van der Waals surface area contributed by atoms with Gasteiger partial charge in [-0.15, -0.1) is 0 Å². The van der Waals surface area contributed by atoms with Gasteiger partial charge in [-0.3, -0.25) is 4.98 Å². The third-order valence-corrected chi connectivity index (χ3v) is 4.42. The molecule has 0 atom stereocenters. The zero-order chi connectivity index (χ0) is 16.1. The zero-order valence-corrected chi connectivity index (χ0v) is 12.7. The average Bonchev–Trinajstić information content (AvgIpc) is 3.00. The molecule has 0 unspecified atom stereocenters. The van der Waals surface area contributed by atoms with Crippen LogP contribution in [-0.4, -0.2) is 10.1 Å². The number of rotatable bonds is 1. The molecule has 0 saturated carbocycles. The molecule has 24 heavy (non-hydrogen) atoms. The Morgan fingerprint density at radius 2 is 1.67 bits per heavy atom. The maximum Gasteiger partial charge on any atom is 0.136 e. The molecule has 0 amide bonds. The fourth-order valence-electron chi connectivity index (χ4n) is 3.38. The standard InChI is InChI=1S/C21H13NO2/c23-16-10-11-18-20(14-7-1-2-9-17(14)24-18)19(16)15-8-3-5-13-6-4-12-22-21(13)15/h1-12,23H. The van der Waals surface area contributed by atoms with Crippen LogP contribution in [-0.2, 0) is 0 Å². The fourth-order valence-corrected chi connectivity index (χ4v) is 3.38. The highest BCUT2D eigenvalue weighted by atomic mass is 16.3. The molecular formula is C21H13NO2. The Morgan fingerprint density at radius 3 is 2.62 bits per heavy atom.